The van der Waals surface area contributed by atoms with Crippen LogP contribution in [0.25, 0.3) is 0 Å². The van der Waals surface area contributed by atoms with Crippen molar-refractivity contribution in [3.63, 3.8) is 0 Å². The summed E-state index contributed by atoms with van der Waals surface area (Å²) in [6.07, 6.45) is 4.52. The van der Waals surface area contributed by atoms with Crippen molar-refractivity contribution >= 4 is 5.91 Å². The third kappa shape index (κ3) is 9.08. The zero-order valence-electron chi connectivity index (χ0n) is 8.44. The number of hydrogen-bond donors (Lipinski definition) is 2. The lowest BCUT2D eigenvalue weighted by atomic mass is 10.3. The second-order valence-corrected chi connectivity index (χ2v) is 2.95. The zero-order valence-corrected chi connectivity index (χ0v) is 8.44. The first-order valence-electron chi connectivity index (χ1n) is 4.89. The molecule has 3 heteroatoms. The molecule has 2 N–H and O–H groups in total. The Kier molecular flexibility index (Phi) is 8.67. The zero-order chi connectivity index (χ0) is 9.94. The lowest BCUT2D eigenvalue weighted by Crippen LogP contribution is -2.28. The quantitative estimate of drug-likeness (QED) is 0.437. The van der Waals surface area contributed by atoms with Crippen LogP contribution in [0.2, 0.25) is 0 Å². The number of carbonyl (C=O) groups is 1. The highest BCUT2D eigenvalue weighted by Gasteiger charge is 1.97. The first kappa shape index (κ1) is 12.2. The summed E-state index contributed by atoms with van der Waals surface area (Å²) in [7, 11) is 0. The second-order valence-electron chi connectivity index (χ2n) is 2.95. The van der Waals surface area contributed by atoms with E-state index < -0.39 is 0 Å². The normalized spacial score (nSPS) is 9.62. The summed E-state index contributed by atoms with van der Waals surface area (Å²) in [6.45, 7) is 7.98. The van der Waals surface area contributed by atoms with Gasteiger partial charge in [0.2, 0.25) is 5.91 Å². The van der Waals surface area contributed by atoms with Gasteiger partial charge in [-0.2, -0.15) is 0 Å². The Balaban J connectivity index is 3.15. The molecule has 0 aromatic rings. The average Bonchev–Trinajstić information content (AvgIpc) is 2.13. The van der Waals surface area contributed by atoms with Gasteiger partial charge in [0.1, 0.15) is 0 Å². The van der Waals surface area contributed by atoms with Crippen molar-refractivity contribution < 1.29 is 4.79 Å². The first-order valence-corrected chi connectivity index (χ1v) is 4.89. The van der Waals surface area contributed by atoms with Gasteiger partial charge in [-0.05, 0) is 6.42 Å². The maximum atomic E-state index is 11.1. The molecule has 0 spiro atoms. The Hall–Kier alpha value is -0.830. The molecule has 0 bridgehead atoms. The molecule has 0 aromatic heterocycles. The number of nitrogens with one attached hydrogen (secondary N) is 2. The van der Waals surface area contributed by atoms with Gasteiger partial charge in [0.25, 0.3) is 0 Å². The van der Waals surface area contributed by atoms with Crippen molar-refractivity contribution in [2.45, 2.75) is 26.2 Å². The van der Waals surface area contributed by atoms with Crippen LogP contribution in [0.15, 0.2) is 12.7 Å². The Morgan fingerprint density at radius 1 is 1.46 bits per heavy atom. The monoisotopic (exact) mass is 184 g/mol. The SMILES string of the molecule is C=CCNCCC(=O)NCCCC. The molecule has 13 heavy (non-hydrogen) atoms. The van der Waals surface area contributed by atoms with Crippen molar-refractivity contribution in [2.75, 3.05) is 19.6 Å². The smallest absolute Gasteiger partial charge is 0.221 e. The fourth-order valence-corrected chi connectivity index (χ4v) is 0.899. The van der Waals surface area contributed by atoms with Gasteiger partial charge in [-0.1, -0.05) is 19.4 Å². The molecule has 0 radical (unpaired) electrons. The predicted molar refractivity (Wildman–Crippen MR) is 55.6 cm³/mol. The number of hydrogen-bond acceptors (Lipinski definition) is 2. The molecule has 0 aliphatic heterocycles. The first-order chi connectivity index (χ1) is 6.31. The molecule has 3 nitrogen and oxygen atoms in total. The minimum absolute atomic E-state index is 0.130. The number of unbranched alkanes of at least 4 members (excludes halogenated alkanes) is 1. The van der Waals surface area contributed by atoms with Crippen LogP contribution >= 0.6 is 0 Å². The van der Waals surface area contributed by atoms with Crippen LogP contribution in [-0.4, -0.2) is 25.5 Å². The highest BCUT2D eigenvalue weighted by molar-refractivity contribution is 5.75. The van der Waals surface area contributed by atoms with Crippen molar-refractivity contribution in [1.82, 2.24) is 10.6 Å². The van der Waals surface area contributed by atoms with Gasteiger partial charge in [-0.25, -0.2) is 0 Å². The van der Waals surface area contributed by atoms with Gasteiger partial charge >= 0.3 is 0 Å². The molecular formula is C10H20N2O. The van der Waals surface area contributed by atoms with Crippen LogP contribution in [-0.2, 0) is 4.79 Å². The third-order valence-corrected chi connectivity index (χ3v) is 1.67. The van der Waals surface area contributed by atoms with Gasteiger partial charge < -0.3 is 10.6 Å². The lowest BCUT2D eigenvalue weighted by molar-refractivity contribution is -0.120. The van der Waals surface area contributed by atoms with E-state index in [2.05, 4.69) is 24.1 Å². The summed E-state index contributed by atoms with van der Waals surface area (Å²) < 4.78 is 0. The molecule has 0 aromatic carbocycles. The van der Waals surface area contributed by atoms with Gasteiger partial charge in [-0.3, -0.25) is 4.79 Å². The number of carbonyl (C=O) groups excluding carboxylic acids is 1. The standard InChI is InChI=1S/C10H20N2O/c1-3-5-8-12-10(13)6-9-11-7-4-2/h4,11H,2-3,5-9H2,1H3,(H,12,13). The fourth-order valence-electron chi connectivity index (χ4n) is 0.899. The third-order valence-electron chi connectivity index (χ3n) is 1.67. The molecule has 0 aliphatic carbocycles. The number of amides is 1. The van der Waals surface area contributed by atoms with E-state index in [4.69, 9.17) is 0 Å². The molecule has 0 saturated heterocycles. The molecular weight excluding hydrogens is 164 g/mol. The molecule has 0 aliphatic rings. The molecule has 0 rings (SSSR count). The average molecular weight is 184 g/mol. The summed E-state index contributed by atoms with van der Waals surface area (Å²) in [5, 5.41) is 5.93. The van der Waals surface area contributed by atoms with Gasteiger partial charge in [0, 0.05) is 26.1 Å². The van der Waals surface area contributed by atoms with Crippen LogP contribution in [0.1, 0.15) is 26.2 Å². The summed E-state index contributed by atoms with van der Waals surface area (Å²) in [5.74, 6) is 0.130. The maximum absolute atomic E-state index is 11.1. The van der Waals surface area contributed by atoms with Crippen molar-refractivity contribution in [3.8, 4) is 0 Å². The van der Waals surface area contributed by atoms with Gasteiger partial charge in [0.05, 0.1) is 0 Å². The van der Waals surface area contributed by atoms with E-state index in [1.165, 1.54) is 0 Å². The number of rotatable bonds is 8. The summed E-state index contributed by atoms with van der Waals surface area (Å²) >= 11 is 0. The predicted octanol–water partition coefficient (Wildman–Crippen LogP) is 1.07. The van der Waals surface area contributed by atoms with Crippen molar-refractivity contribution in [3.05, 3.63) is 12.7 Å². The fraction of sp³-hybridized carbons (Fsp3) is 0.700. The van der Waals surface area contributed by atoms with Crippen LogP contribution in [0, 0.1) is 0 Å². The van der Waals surface area contributed by atoms with E-state index in [0.717, 1.165) is 32.5 Å². The molecule has 0 saturated carbocycles. The van der Waals surface area contributed by atoms with Crippen molar-refractivity contribution in [1.29, 1.82) is 0 Å². The van der Waals surface area contributed by atoms with E-state index in [-0.39, 0.29) is 5.91 Å². The summed E-state index contributed by atoms with van der Waals surface area (Å²) in [4.78, 5) is 11.1. The molecule has 0 fully saturated rings. The van der Waals surface area contributed by atoms with Gasteiger partial charge in [-0.15, -0.1) is 6.58 Å². The van der Waals surface area contributed by atoms with E-state index >= 15 is 0 Å². The van der Waals surface area contributed by atoms with Crippen LogP contribution in [0.3, 0.4) is 0 Å². The highest BCUT2D eigenvalue weighted by atomic mass is 16.1. The van der Waals surface area contributed by atoms with Crippen LogP contribution < -0.4 is 10.6 Å². The molecule has 0 atom stereocenters. The minimum Gasteiger partial charge on any atom is -0.356 e. The Morgan fingerprint density at radius 3 is 2.85 bits per heavy atom. The van der Waals surface area contributed by atoms with Gasteiger partial charge in [0.15, 0.2) is 0 Å². The minimum atomic E-state index is 0.130. The van der Waals surface area contributed by atoms with E-state index in [9.17, 15) is 4.79 Å². The topological polar surface area (TPSA) is 41.1 Å². The lowest BCUT2D eigenvalue weighted by Gasteiger charge is -2.03. The maximum Gasteiger partial charge on any atom is 0.221 e. The van der Waals surface area contributed by atoms with E-state index in [1.54, 1.807) is 6.08 Å². The molecule has 76 valence electrons. The Bertz CT molecular complexity index is 146. The van der Waals surface area contributed by atoms with Crippen LogP contribution in [0.4, 0.5) is 0 Å². The second kappa shape index (κ2) is 9.26. The summed E-state index contributed by atoms with van der Waals surface area (Å²) in [5.41, 5.74) is 0. The highest BCUT2D eigenvalue weighted by Crippen LogP contribution is 1.84. The van der Waals surface area contributed by atoms with E-state index in [1.807, 2.05) is 0 Å². The van der Waals surface area contributed by atoms with E-state index in [0.29, 0.717) is 6.42 Å². The molecule has 0 unspecified atom stereocenters. The summed E-state index contributed by atoms with van der Waals surface area (Å²) in [6, 6.07) is 0. The Labute approximate surface area is 80.6 Å². The van der Waals surface area contributed by atoms with Crippen LogP contribution in [0.5, 0.6) is 0 Å². The Morgan fingerprint density at radius 2 is 2.23 bits per heavy atom. The molecule has 1 amide bonds. The molecule has 0 heterocycles. The largest absolute Gasteiger partial charge is 0.356 e. The van der Waals surface area contributed by atoms with Crippen molar-refractivity contribution in [2.24, 2.45) is 0 Å².